The van der Waals surface area contributed by atoms with E-state index in [0.717, 1.165) is 52.7 Å². The molecule has 4 rings (SSSR count). The first-order valence-electron chi connectivity index (χ1n) is 8.95. The van der Waals surface area contributed by atoms with Crippen LogP contribution < -0.4 is 10.2 Å². The zero-order valence-electron chi connectivity index (χ0n) is 14.7. The first-order chi connectivity index (χ1) is 12.7. The molecule has 1 aliphatic rings. The first-order valence-corrected chi connectivity index (χ1v) is 9.77. The number of carbonyl (C=O) groups excluding carboxylic acids is 1. The molecule has 134 valence electrons. The van der Waals surface area contributed by atoms with E-state index in [4.69, 9.17) is 9.97 Å². The third kappa shape index (κ3) is 3.39. The highest BCUT2D eigenvalue weighted by molar-refractivity contribution is 7.21. The number of piperidine rings is 1. The van der Waals surface area contributed by atoms with Gasteiger partial charge in [0.2, 0.25) is 5.91 Å². The summed E-state index contributed by atoms with van der Waals surface area (Å²) in [6, 6.07) is 7.93. The number of aromatic nitrogens is 3. The minimum atomic E-state index is 0.121. The number of thiazole rings is 1. The van der Waals surface area contributed by atoms with Crippen molar-refractivity contribution in [2.45, 2.75) is 19.8 Å². The van der Waals surface area contributed by atoms with Crippen LogP contribution in [0.15, 0.2) is 36.7 Å². The molecule has 0 atom stereocenters. The molecule has 3 aromatic heterocycles. The molecule has 0 spiro atoms. The second kappa shape index (κ2) is 7.37. The van der Waals surface area contributed by atoms with E-state index >= 15 is 0 Å². The Morgan fingerprint density at radius 3 is 2.85 bits per heavy atom. The zero-order chi connectivity index (χ0) is 17.9. The van der Waals surface area contributed by atoms with Gasteiger partial charge in [-0.3, -0.25) is 9.78 Å². The Balaban J connectivity index is 1.51. The topological polar surface area (TPSA) is 71.0 Å². The van der Waals surface area contributed by atoms with Crippen molar-refractivity contribution < 1.29 is 4.79 Å². The molecular weight excluding hydrogens is 346 g/mol. The van der Waals surface area contributed by atoms with Gasteiger partial charge < -0.3 is 10.2 Å². The van der Waals surface area contributed by atoms with Crippen LogP contribution in [0.1, 0.15) is 19.8 Å². The van der Waals surface area contributed by atoms with Crippen molar-refractivity contribution in [1.82, 2.24) is 20.3 Å². The molecule has 1 fully saturated rings. The molecule has 0 aliphatic carbocycles. The number of nitrogens with one attached hydrogen (secondary N) is 1. The maximum Gasteiger partial charge on any atom is 0.223 e. The smallest absolute Gasteiger partial charge is 0.223 e. The van der Waals surface area contributed by atoms with Gasteiger partial charge in [-0.05, 0) is 44.0 Å². The molecule has 1 aliphatic heterocycles. The summed E-state index contributed by atoms with van der Waals surface area (Å²) in [5, 5.41) is 3.92. The predicted octanol–water partition coefficient (Wildman–Crippen LogP) is 3.11. The number of hydrogen-bond acceptors (Lipinski definition) is 6. The van der Waals surface area contributed by atoms with Gasteiger partial charge in [-0.15, -0.1) is 0 Å². The molecule has 26 heavy (non-hydrogen) atoms. The van der Waals surface area contributed by atoms with E-state index in [9.17, 15) is 4.79 Å². The molecule has 4 heterocycles. The normalized spacial score (nSPS) is 15.3. The molecule has 1 amide bonds. The number of carbonyl (C=O) groups is 1. The third-order valence-electron chi connectivity index (χ3n) is 4.69. The Morgan fingerprint density at radius 1 is 1.27 bits per heavy atom. The SMILES string of the molecule is CCNC(=O)C1CCN(c2nc3ccc(-c4cccnc4)nc3s2)CC1. The van der Waals surface area contributed by atoms with E-state index in [1.165, 1.54) is 0 Å². The zero-order valence-corrected chi connectivity index (χ0v) is 15.5. The van der Waals surface area contributed by atoms with Gasteiger partial charge in [0.05, 0.1) is 5.69 Å². The minimum absolute atomic E-state index is 0.121. The fraction of sp³-hybridized carbons (Fsp3) is 0.368. The van der Waals surface area contributed by atoms with E-state index in [0.29, 0.717) is 6.54 Å². The Morgan fingerprint density at radius 2 is 2.12 bits per heavy atom. The van der Waals surface area contributed by atoms with Gasteiger partial charge in [-0.25, -0.2) is 9.97 Å². The average molecular weight is 367 g/mol. The van der Waals surface area contributed by atoms with Crippen LogP contribution in [0.5, 0.6) is 0 Å². The molecule has 3 aromatic rings. The van der Waals surface area contributed by atoms with Crippen molar-refractivity contribution in [2.75, 3.05) is 24.5 Å². The number of hydrogen-bond donors (Lipinski definition) is 1. The monoisotopic (exact) mass is 367 g/mol. The number of amides is 1. The number of nitrogens with zero attached hydrogens (tertiary/aromatic N) is 4. The second-order valence-corrected chi connectivity index (χ2v) is 7.37. The summed E-state index contributed by atoms with van der Waals surface area (Å²) >= 11 is 1.62. The highest BCUT2D eigenvalue weighted by Crippen LogP contribution is 2.32. The largest absolute Gasteiger partial charge is 0.356 e. The summed E-state index contributed by atoms with van der Waals surface area (Å²) in [6.07, 6.45) is 5.33. The molecular formula is C19H21N5OS. The lowest BCUT2D eigenvalue weighted by atomic mass is 9.96. The highest BCUT2D eigenvalue weighted by atomic mass is 32.1. The molecule has 0 bridgehead atoms. The Hall–Kier alpha value is -2.54. The summed E-state index contributed by atoms with van der Waals surface area (Å²) in [5.41, 5.74) is 2.84. The molecule has 7 heteroatoms. The quantitative estimate of drug-likeness (QED) is 0.767. The van der Waals surface area contributed by atoms with Crippen molar-refractivity contribution in [3.8, 4) is 11.3 Å². The van der Waals surface area contributed by atoms with Crippen LogP contribution in [0, 0.1) is 5.92 Å². The van der Waals surface area contributed by atoms with Gasteiger partial charge in [-0.2, -0.15) is 0 Å². The number of rotatable bonds is 4. The molecule has 0 saturated carbocycles. The van der Waals surface area contributed by atoms with Crippen molar-refractivity contribution in [3.63, 3.8) is 0 Å². The van der Waals surface area contributed by atoms with E-state index in [2.05, 4.69) is 15.2 Å². The lowest BCUT2D eigenvalue weighted by Gasteiger charge is -2.30. The lowest BCUT2D eigenvalue weighted by molar-refractivity contribution is -0.125. The summed E-state index contributed by atoms with van der Waals surface area (Å²) in [6.45, 7) is 4.37. The number of anilines is 1. The first kappa shape index (κ1) is 16.9. The highest BCUT2D eigenvalue weighted by Gasteiger charge is 2.26. The minimum Gasteiger partial charge on any atom is -0.356 e. The number of fused-ring (bicyclic) bond motifs is 1. The lowest BCUT2D eigenvalue weighted by Crippen LogP contribution is -2.40. The van der Waals surface area contributed by atoms with Gasteiger partial charge >= 0.3 is 0 Å². The van der Waals surface area contributed by atoms with Gasteiger partial charge in [0.25, 0.3) is 0 Å². The fourth-order valence-electron chi connectivity index (χ4n) is 3.27. The summed E-state index contributed by atoms with van der Waals surface area (Å²) in [4.78, 5) is 28.9. The van der Waals surface area contributed by atoms with E-state index in [1.807, 2.05) is 37.4 Å². The molecule has 0 radical (unpaired) electrons. The van der Waals surface area contributed by atoms with E-state index < -0.39 is 0 Å². The van der Waals surface area contributed by atoms with Gasteiger partial charge in [0.1, 0.15) is 10.3 Å². The second-order valence-electron chi connectivity index (χ2n) is 6.41. The molecule has 0 unspecified atom stereocenters. The summed E-state index contributed by atoms with van der Waals surface area (Å²) < 4.78 is 0. The van der Waals surface area contributed by atoms with Gasteiger partial charge in [0, 0.05) is 43.5 Å². The molecule has 1 N–H and O–H groups in total. The van der Waals surface area contributed by atoms with Crippen molar-refractivity contribution in [2.24, 2.45) is 5.92 Å². The molecule has 0 aromatic carbocycles. The van der Waals surface area contributed by atoms with Crippen molar-refractivity contribution in [1.29, 1.82) is 0 Å². The van der Waals surface area contributed by atoms with Crippen LogP contribution in [0.2, 0.25) is 0 Å². The predicted molar refractivity (Wildman–Crippen MR) is 104 cm³/mol. The van der Waals surface area contributed by atoms with Crippen LogP contribution in [0.25, 0.3) is 21.6 Å². The maximum atomic E-state index is 12.0. The van der Waals surface area contributed by atoms with Crippen molar-refractivity contribution >= 4 is 32.7 Å². The van der Waals surface area contributed by atoms with Crippen LogP contribution in [-0.4, -0.2) is 40.5 Å². The van der Waals surface area contributed by atoms with E-state index in [-0.39, 0.29) is 11.8 Å². The van der Waals surface area contributed by atoms with Crippen molar-refractivity contribution in [3.05, 3.63) is 36.7 Å². The van der Waals surface area contributed by atoms with Crippen LogP contribution >= 0.6 is 11.3 Å². The van der Waals surface area contributed by atoms with Crippen LogP contribution in [-0.2, 0) is 4.79 Å². The Bertz CT molecular complexity index is 903. The van der Waals surface area contributed by atoms with Crippen LogP contribution in [0.3, 0.4) is 0 Å². The van der Waals surface area contributed by atoms with Crippen LogP contribution in [0.4, 0.5) is 5.13 Å². The molecule has 1 saturated heterocycles. The van der Waals surface area contributed by atoms with Gasteiger partial charge in [-0.1, -0.05) is 11.3 Å². The standard InChI is InChI=1S/C19H21N5OS/c1-2-21-17(25)13-7-10-24(11-8-13)19-23-16-6-5-15(22-18(16)26-19)14-4-3-9-20-12-14/h3-6,9,12-13H,2,7-8,10-11H2,1H3,(H,21,25). The molecule has 6 nitrogen and oxygen atoms in total. The third-order valence-corrected chi connectivity index (χ3v) is 5.71. The average Bonchev–Trinajstić information content (AvgIpc) is 3.12. The Labute approximate surface area is 156 Å². The van der Waals surface area contributed by atoms with Gasteiger partial charge in [0.15, 0.2) is 5.13 Å². The maximum absolute atomic E-state index is 12.0. The van der Waals surface area contributed by atoms with E-state index in [1.54, 1.807) is 17.5 Å². The Kier molecular flexibility index (Phi) is 4.79. The summed E-state index contributed by atoms with van der Waals surface area (Å²) in [7, 11) is 0. The number of pyridine rings is 2. The summed E-state index contributed by atoms with van der Waals surface area (Å²) in [5.74, 6) is 0.301. The fourth-order valence-corrected chi connectivity index (χ4v) is 4.26.